The van der Waals surface area contributed by atoms with Crippen LogP contribution >= 0.6 is 0 Å². The lowest BCUT2D eigenvalue weighted by Gasteiger charge is -2.10. The van der Waals surface area contributed by atoms with Gasteiger partial charge in [0.05, 0.1) is 18.4 Å². The highest BCUT2D eigenvalue weighted by Crippen LogP contribution is 2.31. The van der Waals surface area contributed by atoms with Crippen LogP contribution in [0.1, 0.15) is 10.4 Å². The normalized spacial score (nSPS) is 11.0. The molecule has 0 aliphatic rings. The van der Waals surface area contributed by atoms with E-state index in [1.807, 2.05) is 43.7 Å². The van der Waals surface area contributed by atoms with Gasteiger partial charge in [0.25, 0.3) is 0 Å². The molecular weight excluding hydrogens is 382 g/mol. The van der Waals surface area contributed by atoms with Crippen LogP contribution in [0.4, 0.5) is 5.82 Å². The van der Waals surface area contributed by atoms with Gasteiger partial charge in [-0.15, -0.1) is 0 Å². The highest BCUT2D eigenvalue weighted by molar-refractivity contribution is 6.02. The van der Waals surface area contributed by atoms with E-state index in [9.17, 15) is 4.79 Å². The van der Waals surface area contributed by atoms with Crippen LogP contribution in [0.15, 0.2) is 55.1 Å². The predicted molar refractivity (Wildman–Crippen MR) is 114 cm³/mol. The number of benzene rings is 1. The minimum absolute atomic E-state index is 0.175. The van der Waals surface area contributed by atoms with Crippen molar-refractivity contribution in [2.45, 2.75) is 0 Å². The molecule has 0 unspecified atom stereocenters. The fourth-order valence-electron chi connectivity index (χ4n) is 3.19. The van der Waals surface area contributed by atoms with Crippen LogP contribution in [-0.2, 0) is 16.5 Å². The third-order valence-corrected chi connectivity index (χ3v) is 4.74. The van der Waals surface area contributed by atoms with E-state index in [1.165, 1.54) is 6.20 Å². The number of hydrogen-bond donors (Lipinski definition) is 1. The quantitative estimate of drug-likeness (QED) is 0.389. The SMILES string of the molecule is COCCOC(=O)c1cnc2c(N)ncc(-c3ccc(-c4cnn(C)c4)cc3)c2c1. The molecule has 3 aromatic heterocycles. The van der Waals surface area contributed by atoms with Gasteiger partial charge in [-0.25, -0.2) is 9.78 Å². The van der Waals surface area contributed by atoms with Gasteiger partial charge in [-0.2, -0.15) is 5.10 Å². The molecule has 0 fully saturated rings. The molecule has 3 heterocycles. The van der Waals surface area contributed by atoms with Gasteiger partial charge in [-0.1, -0.05) is 24.3 Å². The Hall–Kier alpha value is -3.78. The van der Waals surface area contributed by atoms with Crippen molar-refractivity contribution in [2.24, 2.45) is 7.05 Å². The first-order valence-electron chi connectivity index (χ1n) is 9.36. The second-order valence-corrected chi connectivity index (χ2v) is 6.79. The third-order valence-electron chi connectivity index (χ3n) is 4.74. The van der Waals surface area contributed by atoms with Crippen LogP contribution in [0.2, 0.25) is 0 Å². The molecule has 0 aliphatic carbocycles. The van der Waals surface area contributed by atoms with E-state index in [4.69, 9.17) is 15.2 Å². The fraction of sp³-hybridized carbons (Fsp3) is 0.182. The summed E-state index contributed by atoms with van der Waals surface area (Å²) in [5, 5.41) is 4.94. The van der Waals surface area contributed by atoms with Crippen molar-refractivity contribution in [2.75, 3.05) is 26.1 Å². The number of carbonyl (C=O) groups is 1. The summed E-state index contributed by atoms with van der Waals surface area (Å²) in [6.45, 7) is 0.507. The van der Waals surface area contributed by atoms with E-state index in [2.05, 4.69) is 15.1 Å². The second-order valence-electron chi connectivity index (χ2n) is 6.79. The van der Waals surface area contributed by atoms with Crippen LogP contribution in [0.5, 0.6) is 0 Å². The molecule has 152 valence electrons. The van der Waals surface area contributed by atoms with Crippen molar-refractivity contribution in [1.82, 2.24) is 19.7 Å². The molecule has 4 aromatic rings. The standard InChI is InChI=1S/C22H21N5O3/c1-27-13-17(11-26-27)14-3-5-15(6-4-14)19-12-25-21(23)20-18(19)9-16(10-24-20)22(28)30-8-7-29-2/h3-6,9-13H,7-8H2,1-2H3,(H2,23,25). The van der Waals surface area contributed by atoms with Gasteiger partial charge in [-0.3, -0.25) is 9.67 Å². The van der Waals surface area contributed by atoms with Gasteiger partial charge in [0.2, 0.25) is 0 Å². The molecule has 4 rings (SSSR count). The lowest BCUT2D eigenvalue weighted by atomic mass is 9.99. The summed E-state index contributed by atoms with van der Waals surface area (Å²) in [7, 11) is 3.43. The number of pyridine rings is 2. The third kappa shape index (κ3) is 3.85. The summed E-state index contributed by atoms with van der Waals surface area (Å²) >= 11 is 0. The van der Waals surface area contributed by atoms with Gasteiger partial charge in [-0.05, 0) is 17.2 Å². The maximum absolute atomic E-state index is 12.3. The topological polar surface area (TPSA) is 105 Å². The first kappa shape index (κ1) is 19.5. The molecule has 2 N–H and O–H groups in total. The number of aryl methyl sites for hydroxylation is 1. The molecule has 0 bridgehead atoms. The largest absolute Gasteiger partial charge is 0.460 e. The Kier molecular flexibility index (Phi) is 5.40. The fourth-order valence-corrected chi connectivity index (χ4v) is 3.19. The number of methoxy groups -OCH3 is 1. The van der Waals surface area contributed by atoms with Gasteiger partial charge in [0.1, 0.15) is 17.9 Å². The number of anilines is 1. The van der Waals surface area contributed by atoms with Crippen LogP contribution in [0, 0.1) is 0 Å². The molecule has 0 radical (unpaired) electrons. The van der Waals surface area contributed by atoms with Gasteiger partial charge < -0.3 is 15.2 Å². The number of nitrogens with two attached hydrogens (primary N) is 1. The number of esters is 1. The van der Waals surface area contributed by atoms with E-state index >= 15 is 0 Å². The maximum atomic E-state index is 12.3. The number of fused-ring (bicyclic) bond motifs is 1. The molecule has 0 saturated heterocycles. The van der Waals surface area contributed by atoms with E-state index < -0.39 is 5.97 Å². The maximum Gasteiger partial charge on any atom is 0.339 e. The summed E-state index contributed by atoms with van der Waals surface area (Å²) in [5.74, 6) is -0.158. The van der Waals surface area contributed by atoms with Gasteiger partial charge in [0.15, 0.2) is 0 Å². The average Bonchev–Trinajstić information content (AvgIpc) is 3.20. The monoisotopic (exact) mass is 403 g/mol. The lowest BCUT2D eigenvalue weighted by Crippen LogP contribution is -2.10. The average molecular weight is 403 g/mol. The minimum atomic E-state index is -0.463. The number of nitrogen functional groups attached to an aromatic ring is 1. The minimum Gasteiger partial charge on any atom is -0.460 e. The molecule has 30 heavy (non-hydrogen) atoms. The number of aromatic nitrogens is 4. The molecule has 0 saturated carbocycles. The zero-order chi connectivity index (χ0) is 21.1. The Morgan fingerprint density at radius 1 is 1.03 bits per heavy atom. The number of ether oxygens (including phenoxy) is 2. The summed E-state index contributed by atoms with van der Waals surface area (Å²) in [6, 6.07) is 9.77. The Labute approximate surface area is 173 Å². The van der Waals surface area contributed by atoms with Crippen LogP contribution in [-0.4, -0.2) is 46.0 Å². The number of hydrogen-bond acceptors (Lipinski definition) is 7. The molecule has 8 heteroatoms. The molecule has 0 atom stereocenters. The molecule has 8 nitrogen and oxygen atoms in total. The molecule has 0 aliphatic heterocycles. The Morgan fingerprint density at radius 3 is 2.50 bits per heavy atom. The molecule has 0 amide bonds. The second kappa shape index (κ2) is 8.30. The number of nitrogens with zero attached hydrogens (tertiary/aromatic N) is 4. The Balaban J connectivity index is 1.72. The summed E-state index contributed by atoms with van der Waals surface area (Å²) < 4.78 is 11.9. The predicted octanol–water partition coefficient (Wildman–Crippen LogP) is 3.08. The smallest absolute Gasteiger partial charge is 0.339 e. The summed E-state index contributed by atoms with van der Waals surface area (Å²) in [5.41, 5.74) is 10.8. The van der Waals surface area contributed by atoms with Crippen molar-refractivity contribution in [3.63, 3.8) is 0 Å². The highest BCUT2D eigenvalue weighted by atomic mass is 16.6. The van der Waals surface area contributed by atoms with E-state index in [0.717, 1.165) is 27.6 Å². The van der Waals surface area contributed by atoms with Crippen molar-refractivity contribution in [3.05, 3.63) is 60.7 Å². The Morgan fingerprint density at radius 2 is 1.80 bits per heavy atom. The van der Waals surface area contributed by atoms with Gasteiger partial charge >= 0.3 is 5.97 Å². The van der Waals surface area contributed by atoms with Crippen LogP contribution in [0.3, 0.4) is 0 Å². The van der Waals surface area contributed by atoms with Crippen molar-refractivity contribution in [3.8, 4) is 22.3 Å². The summed E-state index contributed by atoms with van der Waals surface area (Å²) in [4.78, 5) is 21.0. The van der Waals surface area contributed by atoms with Crippen molar-refractivity contribution in [1.29, 1.82) is 0 Å². The van der Waals surface area contributed by atoms with Crippen molar-refractivity contribution < 1.29 is 14.3 Å². The zero-order valence-electron chi connectivity index (χ0n) is 16.7. The Bertz CT molecular complexity index is 1200. The van der Waals surface area contributed by atoms with E-state index in [1.54, 1.807) is 24.1 Å². The summed E-state index contributed by atoms with van der Waals surface area (Å²) in [6.07, 6.45) is 6.92. The van der Waals surface area contributed by atoms with Crippen molar-refractivity contribution >= 4 is 22.7 Å². The molecule has 1 aromatic carbocycles. The van der Waals surface area contributed by atoms with E-state index in [0.29, 0.717) is 23.5 Å². The number of rotatable bonds is 6. The molecule has 0 spiro atoms. The first-order chi connectivity index (χ1) is 14.6. The lowest BCUT2D eigenvalue weighted by molar-refractivity contribution is 0.0388. The highest BCUT2D eigenvalue weighted by Gasteiger charge is 2.14. The van der Waals surface area contributed by atoms with E-state index in [-0.39, 0.29) is 6.61 Å². The molecular formula is C22H21N5O3. The van der Waals surface area contributed by atoms with Gasteiger partial charge in [0, 0.05) is 49.3 Å². The van der Waals surface area contributed by atoms with Crippen LogP contribution in [0.25, 0.3) is 33.2 Å². The number of carbonyl (C=O) groups excluding carboxylic acids is 1. The van der Waals surface area contributed by atoms with Crippen LogP contribution < -0.4 is 5.73 Å². The first-order valence-corrected chi connectivity index (χ1v) is 9.36. The zero-order valence-corrected chi connectivity index (χ0v) is 16.7.